The first-order valence-electron chi connectivity index (χ1n) is 7.26. The van der Waals surface area contributed by atoms with Gasteiger partial charge >= 0.3 is 0 Å². The second kappa shape index (κ2) is 6.02. The van der Waals surface area contributed by atoms with Crippen LogP contribution in [0.2, 0.25) is 5.02 Å². The van der Waals surface area contributed by atoms with E-state index in [1.54, 1.807) is 42.5 Å². The maximum Gasteiger partial charge on any atom is 0.257 e. The zero-order chi connectivity index (χ0) is 17.4. The Balaban J connectivity index is 2.13. The van der Waals surface area contributed by atoms with E-state index in [0.29, 0.717) is 21.5 Å². The van der Waals surface area contributed by atoms with Crippen LogP contribution in [0.1, 0.15) is 15.9 Å². The molecule has 0 aliphatic carbocycles. The van der Waals surface area contributed by atoms with Gasteiger partial charge in [-0.15, -0.1) is 0 Å². The molecule has 1 N–H and O–H groups in total. The maximum atomic E-state index is 12.6. The van der Waals surface area contributed by atoms with Gasteiger partial charge in [0.15, 0.2) is 0 Å². The lowest BCUT2D eigenvalue weighted by molar-refractivity contribution is -0.279. The molecule has 0 unspecified atom stereocenters. The number of rotatable bonds is 2. The van der Waals surface area contributed by atoms with Crippen molar-refractivity contribution < 1.29 is 9.90 Å². The molecule has 24 heavy (non-hydrogen) atoms. The fourth-order valence-corrected chi connectivity index (χ4v) is 2.71. The summed E-state index contributed by atoms with van der Waals surface area (Å²) in [7, 11) is 1.36. The summed E-state index contributed by atoms with van der Waals surface area (Å²) in [5.41, 5.74) is 0.870. The number of nitrogens with one attached hydrogen (secondary N) is 1. The number of nitrogens with zero attached hydrogens (tertiary/aromatic N) is 1. The standard InChI is InChI=1S/C18H15ClN2O3/c1-10-7-8-11(9-14(10)19)20-16(22)15-12-5-3-4-6-13(12)17(23)21(2)18(15)24/h3-9,24H,1-2H3,(H,20,22)/p-1. The molecule has 1 heterocycles. The quantitative estimate of drug-likeness (QED) is 0.778. The third-order valence-corrected chi connectivity index (χ3v) is 4.31. The minimum atomic E-state index is -0.630. The van der Waals surface area contributed by atoms with Gasteiger partial charge in [0.05, 0.1) is 5.56 Å². The number of benzene rings is 2. The average Bonchev–Trinajstić information content (AvgIpc) is 2.56. The number of aromatic nitrogens is 1. The zero-order valence-corrected chi connectivity index (χ0v) is 13.8. The predicted octanol–water partition coefficient (Wildman–Crippen LogP) is 2.83. The third-order valence-electron chi connectivity index (χ3n) is 3.91. The molecule has 0 aliphatic rings. The minimum absolute atomic E-state index is 0.0654. The molecule has 122 valence electrons. The molecule has 0 saturated carbocycles. The van der Waals surface area contributed by atoms with Gasteiger partial charge in [0, 0.05) is 28.5 Å². The van der Waals surface area contributed by atoms with E-state index in [-0.39, 0.29) is 5.56 Å². The number of fused-ring (bicyclic) bond motifs is 1. The van der Waals surface area contributed by atoms with Gasteiger partial charge in [-0.3, -0.25) is 9.59 Å². The number of hydrogen-bond acceptors (Lipinski definition) is 3. The molecule has 0 saturated heterocycles. The molecule has 3 rings (SSSR count). The number of amides is 1. The minimum Gasteiger partial charge on any atom is -0.859 e. The Labute approximate surface area is 143 Å². The highest BCUT2D eigenvalue weighted by molar-refractivity contribution is 6.31. The Morgan fingerprint density at radius 1 is 1.17 bits per heavy atom. The summed E-state index contributed by atoms with van der Waals surface area (Å²) in [6.07, 6.45) is 0. The third kappa shape index (κ3) is 2.63. The molecule has 5 nitrogen and oxygen atoms in total. The van der Waals surface area contributed by atoms with Crippen LogP contribution in [0.3, 0.4) is 0 Å². The van der Waals surface area contributed by atoms with Gasteiger partial charge in [0.25, 0.3) is 11.5 Å². The van der Waals surface area contributed by atoms with Crippen molar-refractivity contribution in [2.24, 2.45) is 7.05 Å². The van der Waals surface area contributed by atoms with E-state index in [4.69, 9.17) is 11.6 Å². The fourth-order valence-electron chi connectivity index (χ4n) is 2.53. The van der Waals surface area contributed by atoms with Crippen molar-refractivity contribution in [3.05, 3.63) is 69.0 Å². The molecule has 0 spiro atoms. The van der Waals surface area contributed by atoms with Gasteiger partial charge in [-0.2, -0.15) is 0 Å². The van der Waals surface area contributed by atoms with Crippen LogP contribution in [0.15, 0.2) is 47.3 Å². The molecular weight excluding hydrogens is 328 g/mol. The molecule has 0 fully saturated rings. The first-order valence-corrected chi connectivity index (χ1v) is 7.64. The summed E-state index contributed by atoms with van der Waals surface area (Å²) in [6.45, 7) is 1.85. The van der Waals surface area contributed by atoms with Crippen LogP contribution in [0, 0.1) is 6.92 Å². The van der Waals surface area contributed by atoms with Crippen LogP contribution >= 0.6 is 11.6 Å². The van der Waals surface area contributed by atoms with Crippen molar-refractivity contribution in [2.75, 3.05) is 5.32 Å². The Hall–Kier alpha value is -2.79. The number of aryl methyl sites for hydroxylation is 1. The number of carbonyl (C=O) groups is 1. The van der Waals surface area contributed by atoms with Crippen molar-refractivity contribution in [1.29, 1.82) is 0 Å². The van der Waals surface area contributed by atoms with Gasteiger partial charge in [-0.05, 0) is 36.6 Å². The number of hydrogen-bond donors (Lipinski definition) is 1. The lowest BCUT2D eigenvalue weighted by Crippen LogP contribution is -2.26. The molecule has 3 aromatic rings. The van der Waals surface area contributed by atoms with E-state index in [2.05, 4.69) is 5.32 Å². The van der Waals surface area contributed by atoms with E-state index in [9.17, 15) is 14.7 Å². The molecular formula is C18H14ClN2O3-. The number of anilines is 1. The van der Waals surface area contributed by atoms with E-state index >= 15 is 0 Å². The fraction of sp³-hybridized carbons (Fsp3) is 0.111. The van der Waals surface area contributed by atoms with E-state index in [1.165, 1.54) is 7.05 Å². The molecule has 0 bridgehead atoms. The normalized spacial score (nSPS) is 10.8. The summed E-state index contributed by atoms with van der Waals surface area (Å²) in [6, 6.07) is 11.6. The van der Waals surface area contributed by atoms with Crippen molar-refractivity contribution in [2.45, 2.75) is 6.92 Å². The SMILES string of the molecule is Cc1ccc(NC(=O)c2c([O-])n(C)c(=O)c3ccccc23)cc1Cl. The summed E-state index contributed by atoms with van der Waals surface area (Å²) in [5.74, 6) is -1.21. The largest absolute Gasteiger partial charge is 0.859 e. The number of halogens is 1. The Morgan fingerprint density at radius 2 is 1.83 bits per heavy atom. The van der Waals surface area contributed by atoms with Gasteiger partial charge in [-0.25, -0.2) is 0 Å². The predicted molar refractivity (Wildman–Crippen MR) is 92.8 cm³/mol. The number of pyridine rings is 1. The van der Waals surface area contributed by atoms with Crippen LogP contribution in [0.25, 0.3) is 10.8 Å². The summed E-state index contributed by atoms with van der Waals surface area (Å²) in [4.78, 5) is 24.8. The van der Waals surface area contributed by atoms with Crippen molar-refractivity contribution >= 4 is 34.0 Å². The summed E-state index contributed by atoms with van der Waals surface area (Å²) < 4.78 is 0.944. The van der Waals surface area contributed by atoms with Crippen LogP contribution in [0.4, 0.5) is 5.69 Å². The van der Waals surface area contributed by atoms with Gasteiger partial charge in [-0.1, -0.05) is 35.9 Å². The second-order valence-electron chi connectivity index (χ2n) is 5.51. The van der Waals surface area contributed by atoms with Crippen LogP contribution in [-0.4, -0.2) is 10.5 Å². The van der Waals surface area contributed by atoms with Gasteiger partial charge in [0.1, 0.15) is 0 Å². The molecule has 2 aromatic carbocycles. The maximum absolute atomic E-state index is 12.6. The van der Waals surface area contributed by atoms with Crippen LogP contribution in [0.5, 0.6) is 5.88 Å². The highest BCUT2D eigenvalue weighted by Crippen LogP contribution is 2.25. The van der Waals surface area contributed by atoms with Gasteiger partial charge in [0.2, 0.25) is 0 Å². The van der Waals surface area contributed by atoms with E-state index < -0.39 is 17.3 Å². The Kier molecular flexibility index (Phi) is 4.03. The van der Waals surface area contributed by atoms with E-state index in [0.717, 1.165) is 10.1 Å². The molecule has 6 heteroatoms. The zero-order valence-electron chi connectivity index (χ0n) is 13.1. The molecule has 0 radical (unpaired) electrons. The molecule has 0 atom stereocenters. The Morgan fingerprint density at radius 3 is 2.50 bits per heavy atom. The van der Waals surface area contributed by atoms with Crippen LogP contribution in [-0.2, 0) is 7.05 Å². The van der Waals surface area contributed by atoms with Crippen molar-refractivity contribution in [3.8, 4) is 5.88 Å². The summed E-state index contributed by atoms with van der Waals surface area (Å²) >= 11 is 6.06. The van der Waals surface area contributed by atoms with Gasteiger partial charge < -0.3 is 15.0 Å². The summed E-state index contributed by atoms with van der Waals surface area (Å²) in [5, 5.41) is 16.3. The number of carbonyl (C=O) groups excluding carboxylic acids is 1. The van der Waals surface area contributed by atoms with Crippen molar-refractivity contribution in [3.63, 3.8) is 0 Å². The highest BCUT2D eigenvalue weighted by Gasteiger charge is 2.16. The Bertz CT molecular complexity index is 1020. The smallest absolute Gasteiger partial charge is 0.257 e. The second-order valence-corrected chi connectivity index (χ2v) is 5.92. The molecule has 1 aromatic heterocycles. The average molecular weight is 342 g/mol. The van der Waals surface area contributed by atoms with E-state index in [1.807, 2.05) is 6.92 Å². The molecule has 0 aliphatic heterocycles. The topological polar surface area (TPSA) is 74.2 Å². The first-order chi connectivity index (χ1) is 11.4. The van der Waals surface area contributed by atoms with Crippen molar-refractivity contribution in [1.82, 2.24) is 4.57 Å². The monoisotopic (exact) mass is 341 g/mol. The van der Waals surface area contributed by atoms with Crippen LogP contribution < -0.4 is 16.0 Å². The lowest BCUT2D eigenvalue weighted by atomic mass is 10.1. The first kappa shape index (κ1) is 16.1. The molecule has 1 amide bonds. The lowest BCUT2D eigenvalue weighted by Gasteiger charge is -2.20. The highest BCUT2D eigenvalue weighted by atomic mass is 35.5.